The first kappa shape index (κ1) is 14.1. The first-order valence-electron chi connectivity index (χ1n) is 6.18. The summed E-state index contributed by atoms with van der Waals surface area (Å²) in [5, 5.41) is 3.14. The van der Waals surface area contributed by atoms with E-state index in [1.54, 1.807) is 0 Å². The Morgan fingerprint density at radius 1 is 1.24 bits per heavy atom. The van der Waals surface area contributed by atoms with Crippen LogP contribution in [0.25, 0.3) is 0 Å². The summed E-state index contributed by atoms with van der Waals surface area (Å²) >= 11 is 0. The fourth-order valence-electron chi connectivity index (χ4n) is 1.93. The summed E-state index contributed by atoms with van der Waals surface area (Å²) in [6, 6.07) is 4.15. The van der Waals surface area contributed by atoms with E-state index < -0.39 is 11.6 Å². The average Bonchev–Trinajstić information content (AvgIpc) is 2.32. The van der Waals surface area contributed by atoms with Gasteiger partial charge in [-0.1, -0.05) is 26.3 Å². The summed E-state index contributed by atoms with van der Waals surface area (Å²) < 4.78 is 27.0. The van der Waals surface area contributed by atoms with Crippen LogP contribution in [0.4, 0.5) is 8.78 Å². The molecule has 96 valence electrons. The van der Waals surface area contributed by atoms with Crippen molar-refractivity contribution in [2.75, 3.05) is 7.05 Å². The second kappa shape index (κ2) is 6.70. The van der Waals surface area contributed by atoms with E-state index in [-0.39, 0.29) is 11.6 Å². The van der Waals surface area contributed by atoms with Crippen molar-refractivity contribution >= 4 is 0 Å². The van der Waals surface area contributed by atoms with Gasteiger partial charge in [0.25, 0.3) is 0 Å². The topological polar surface area (TPSA) is 12.0 Å². The van der Waals surface area contributed by atoms with E-state index in [1.165, 1.54) is 18.2 Å². The van der Waals surface area contributed by atoms with Crippen molar-refractivity contribution in [3.8, 4) is 0 Å². The SMILES string of the molecule is CCC(C)CC(Cc1c(F)cccc1F)NC. The maximum Gasteiger partial charge on any atom is 0.129 e. The van der Waals surface area contributed by atoms with Gasteiger partial charge in [0.1, 0.15) is 11.6 Å². The van der Waals surface area contributed by atoms with Crippen LogP contribution in [-0.4, -0.2) is 13.1 Å². The fourth-order valence-corrected chi connectivity index (χ4v) is 1.93. The zero-order valence-electron chi connectivity index (χ0n) is 10.8. The molecule has 0 saturated carbocycles. The summed E-state index contributed by atoms with van der Waals surface area (Å²) in [4.78, 5) is 0. The molecule has 2 unspecified atom stereocenters. The van der Waals surface area contributed by atoms with E-state index in [2.05, 4.69) is 19.2 Å². The summed E-state index contributed by atoms with van der Waals surface area (Å²) in [7, 11) is 1.84. The van der Waals surface area contributed by atoms with Crippen LogP contribution < -0.4 is 5.32 Å². The van der Waals surface area contributed by atoms with Gasteiger partial charge in [0, 0.05) is 11.6 Å². The second-order valence-corrected chi connectivity index (χ2v) is 4.64. The first-order chi connectivity index (χ1) is 8.08. The van der Waals surface area contributed by atoms with Crippen LogP contribution in [0.1, 0.15) is 32.3 Å². The monoisotopic (exact) mass is 241 g/mol. The standard InChI is InChI=1S/C14H21F2N/c1-4-10(2)8-11(17-3)9-12-13(15)6-5-7-14(12)16/h5-7,10-11,17H,4,8-9H2,1-3H3. The van der Waals surface area contributed by atoms with Gasteiger partial charge in [0.05, 0.1) is 0 Å². The molecule has 1 nitrogen and oxygen atoms in total. The van der Waals surface area contributed by atoms with Crippen molar-refractivity contribution in [1.29, 1.82) is 0 Å². The Hall–Kier alpha value is -0.960. The summed E-state index contributed by atoms with van der Waals surface area (Å²) in [5.41, 5.74) is 0.190. The molecule has 0 radical (unpaired) electrons. The Kier molecular flexibility index (Phi) is 5.56. The highest BCUT2D eigenvalue weighted by Gasteiger charge is 2.16. The van der Waals surface area contributed by atoms with Crippen LogP contribution in [0.15, 0.2) is 18.2 Å². The van der Waals surface area contributed by atoms with Crippen molar-refractivity contribution in [3.63, 3.8) is 0 Å². The molecule has 0 fully saturated rings. The number of hydrogen-bond donors (Lipinski definition) is 1. The largest absolute Gasteiger partial charge is 0.317 e. The maximum absolute atomic E-state index is 13.5. The lowest BCUT2D eigenvalue weighted by Gasteiger charge is -2.20. The van der Waals surface area contributed by atoms with Gasteiger partial charge < -0.3 is 5.32 Å². The van der Waals surface area contributed by atoms with Crippen LogP contribution in [0.2, 0.25) is 0 Å². The highest BCUT2D eigenvalue weighted by Crippen LogP contribution is 2.18. The van der Waals surface area contributed by atoms with Crippen LogP contribution in [-0.2, 0) is 6.42 Å². The third-order valence-electron chi connectivity index (χ3n) is 3.30. The summed E-state index contributed by atoms with van der Waals surface area (Å²) in [6.45, 7) is 4.28. The van der Waals surface area contributed by atoms with Crippen molar-refractivity contribution in [3.05, 3.63) is 35.4 Å². The van der Waals surface area contributed by atoms with E-state index >= 15 is 0 Å². The van der Waals surface area contributed by atoms with Crippen LogP contribution in [0.3, 0.4) is 0 Å². The van der Waals surface area contributed by atoms with Crippen LogP contribution in [0, 0.1) is 17.6 Å². The van der Waals surface area contributed by atoms with Gasteiger partial charge in [-0.2, -0.15) is 0 Å². The van der Waals surface area contributed by atoms with Crippen molar-refractivity contribution in [2.45, 2.75) is 39.2 Å². The zero-order chi connectivity index (χ0) is 12.8. The molecule has 0 aliphatic carbocycles. The Balaban J connectivity index is 2.73. The molecule has 0 saturated heterocycles. The van der Waals surface area contributed by atoms with Gasteiger partial charge in [-0.05, 0) is 37.9 Å². The predicted octanol–water partition coefficient (Wildman–Crippen LogP) is 3.53. The van der Waals surface area contributed by atoms with E-state index in [4.69, 9.17) is 0 Å². The number of hydrogen-bond acceptors (Lipinski definition) is 1. The minimum Gasteiger partial charge on any atom is -0.317 e. The molecule has 1 N–H and O–H groups in total. The van der Waals surface area contributed by atoms with Crippen molar-refractivity contribution < 1.29 is 8.78 Å². The van der Waals surface area contributed by atoms with Crippen LogP contribution >= 0.6 is 0 Å². The zero-order valence-corrected chi connectivity index (χ0v) is 10.8. The molecule has 1 aromatic rings. The van der Waals surface area contributed by atoms with Gasteiger partial charge in [0.15, 0.2) is 0 Å². The van der Waals surface area contributed by atoms with E-state index in [0.717, 1.165) is 12.8 Å². The molecule has 0 bridgehead atoms. The molecule has 0 amide bonds. The molecule has 0 aliphatic rings. The quantitative estimate of drug-likeness (QED) is 0.803. The molecule has 0 aliphatic heterocycles. The van der Waals surface area contributed by atoms with Crippen LogP contribution in [0.5, 0.6) is 0 Å². The predicted molar refractivity (Wildman–Crippen MR) is 67.0 cm³/mol. The lowest BCUT2D eigenvalue weighted by atomic mass is 9.94. The highest BCUT2D eigenvalue weighted by molar-refractivity contribution is 5.20. The highest BCUT2D eigenvalue weighted by atomic mass is 19.1. The number of halogens is 2. The molecule has 17 heavy (non-hydrogen) atoms. The molecule has 3 heteroatoms. The minimum absolute atomic E-state index is 0.122. The lowest BCUT2D eigenvalue weighted by Crippen LogP contribution is -2.30. The fraction of sp³-hybridized carbons (Fsp3) is 0.571. The van der Waals surface area contributed by atoms with Gasteiger partial charge in [-0.15, -0.1) is 0 Å². The average molecular weight is 241 g/mol. The molecular weight excluding hydrogens is 220 g/mol. The maximum atomic E-state index is 13.5. The Morgan fingerprint density at radius 3 is 2.29 bits per heavy atom. The molecule has 1 rings (SSSR count). The van der Waals surface area contributed by atoms with Gasteiger partial charge >= 0.3 is 0 Å². The third-order valence-corrected chi connectivity index (χ3v) is 3.30. The molecule has 0 heterocycles. The lowest BCUT2D eigenvalue weighted by molar-refractivity contribution is 0.401. The minimum atomic E-state index is -0.450. The van der Waals surface area contributed by atoms with E-state index in [1.807, 2.05) is 7.05 Å². The number of likely N-dealkylation sites (N-methyl/N-ethyl adjacent to an activating group) is 1. The molecule has 0 spiro atoms. The number of nitrogens with one attached hydrogen (secondary N) is 1. The first-order valence-corrected chi connectivity index (χ1v) is 6.18. The van der Waals surface area contributed by atoms with Gasteiger partial charge in [0.2, 0.25) is 0 Å². The Labute approximate surface area is 102 Å². The summed E-state index contributed by atoms with van der Waals surface area (Å²) in [6.07, 6.45) is 2.41. The molecule has 2 atom stereocenters. The van der Waals surface area contributed by atoms with E-state index in [9.17, 15) is 8.78 Å². The Bertz CT molecular complexity index is 332. The molecule has 1 aromatic carbocycles. The smallest absolute Gasteiger partial charge is 0.129 e. The van der Waals surface area contributed by atoms with E-state index in [0.29, 0.717) is 12.3 Å². The number of rotatable bonds is 6. The second-order valence-electron chi connectivity index (χ2n) is 4.64. The van der Waals surface area contributed by atoms with Gasteiger partial charge in [-0.25, -0.2) is 8.78 Å². The summed E-state index contributed by atoms with van der Waals surface area (Å²) in [5.74, 6) is -0.342. The normalized spacial score (nSPS) is 14.6. The third kappa shape index (κ3) is 4.08. The number of benzene rings is 1. The molecular formula is C14H21F2N. The van der Waals surface area contributed by atoms with Crippen molar-refractivity contribution in [2.24, 2.45) is 5.92 Å². The Morgan fingerprint density at radius 2 is 1.82 bits per heavy atom. The van der Waals surface area contributed by atoms with Crippen molar-refractivity contribution in [1.82, 2.24) is 5.32 Å². The van der Waals surface area contributed by atoms with Gasteiger partial charge in [-0.3, -0.25) is 0 Å². The molecule has 0 aromatic heterocycles.